The molecule has 0 bridgehead atoms. The van der Waals surface area contributed by atoms with Gasteiger partial charge in [-0.3, -0.25) is 9.98 Å². The molecule has 1 aromatic heterocycles. The molecular weight excluding hydrogens is 278 g/mol. The highest BCUT2D eigenvalue weighted by atomic mass is 32.2. The summed E-state index contributed by atoms with van der Waals surface area (Å²) in [5.41, 5.74) is 2.47. The van der Waals surface area contributed by atoms with Gasteiger partial charge in [-0.2, -0.15) is 0 Å². The normalized spacial score (nSPS) is 21.4. The molecule has 4 heteroatoms. The number of hydrogen-bond donors (Lipinski definition) is 0. The molecule has 0 radical (unpaired) electrons. The second-order valence-corrected chi connectivity index (χ2v) is 6.27. The van der Waals surface area contributed by atoms with Crippen LogP contribution in [-0.4, -0.2) is 27.9 Å². The third kappa shape index (κ3) is 2.81. The van der Waals surface area contributed by atoms with E-state index in [0.717, 1.165) is 10.9 Å². The summed E-state index contributed by atoms with van der Waals surface area (Å²) in [7, 11) is 2.13. The smallest absolute Gasteiger partial charge is 0.160 e. The van der Waals surface area contributed by atoms with Crippen LogP contribution in [0, 0.1) is 0 Å². The Bertz CT molecular complexity index is 612. The fourth-order valence-electron chi connectivity index (χ4n) is 2.74. The lowest BCUT2D eigenvalue weighted by atomic mass is 9.95. The monoisotopic (exact) mass is 297 g/mol. The number of nitrogens with zero attached hydrogens (tertiary/aromatic N) is 3. The molecule has 0 aliphatic carbocycles. The maximum absolute atomic E-state index is 4.96. The van der Waals surface area contributed by atoms with Gasteiger partial charge in [-0.05, 0) is 22.9 Å². The number of hydrogen-bond acceptors (Lipinski definition) is 4. The minimum absolute atomic E-state index is 0.134. The summed E-state index contributed by atoms with van der Waals surface area (Å²) in [4.78, 5) is 11.5. The molecule has 0 unspecified atom stereocenters. The molecule has 1 aromatic carbocycles. The quantitative estimate of drug-likeness (QED) is 0.859. The Balaban J connectivity index is 2.00. The summed E-state index contributed by atoms with van der Waals surface area (Å²) in [6, 6.07) is 15.0. The minimum atomic E-state index is 0.134. The first kappa shape index (κ1) is 14.1. The van der Waals surface area contributed by atoms with Gasteiger partial charge in [0.15, 0.2) is 5.17 Å². The molecule has 21 heavy (non-hydrogen) atoms. The number of aliphatic imine (C=N–C) groups is 1. The van der Waals surface area contributed by atoms with Crippen molar-refractivity contribution in [1.82, 2.24) is 9.88 Å². The van der Waals surface area contributed by atoms with E-state index < -0.39 is 0 Å². The summed E-state index contributed by atoms with van der Waals surface area (Å²) in [6.07, 6.45) is 3.77. The Morgan fingerprint density at radius 3 is 2.52 bits per heavy atom. The van der Waals surface area contributed by atoms with Crippen LogP contribution in [0.3, 0.4) is 0 Å². The zero-order chi connectivity index (χ0) is 14.7. The highest BCUT2D eigenvalue weighted by Gasteiger charge is 2.35. The predicted molar refractivity (Wildman–Crippen MR) is 89.5 cm³/mol. The number of benzene rings is 1. The van der Waals surface area contributed by atoms with Crippen molar-refractivity contribution in [2.24, 2.45) is 4.99 Å². The Morgan fingerprint density at radius 2 is 1.86 bits per heavy atom. The molecule has 1 aliphatic heterocycles. The average Bonchev–Trinajstić information content (AvgIpc) is 2.86. The molecule has 2 heterocycles. The van der Waals surface area contributed by atoms with Crippen LogP contribution in [0.2, 0.25) is 0 Å². The highest BCUT2D eigenvalue weighted by molar-refractivity contribution is 8.13. The van der Waals surface area contributed by atoms with Gasteiger partial charge in [0.25, 0.3) is 0 Å². The van der Waals surface area contributed by atoms with Gasteiger partial charge in [-0.25, -0.2) is 0 Å². The summed E-state index contributed by atoms with van der Waals surface area (Å²) < 4.78 is 0. The van der Waals surface area contributed by atoms with Crippen LogP contribution >= 0.6 is 11.8 Å². The molecule has 0 saturated heterocycles. The van der Waals surface area contributed by atoms with Gasteiger partial charge in [0, 0.05) is 19.4 Å². The highest BCUT2D eigenvalue weighted by Crippen LogP contribution is 2.42. The zero-order valence-electron chi connectivity index (χ0n) is 12.3. The number of rotatable bonds is 3. The predicted octanol–water partition coefficient (Wildman–Crippen LogP) is 3.92. The van der Waals surface area contributed by atoms with Gasteiger partial charge >= 0.3 is 0 Å². The Labute approximate surface area is 130 Å². The van der Waals surface area contributed by atoms with Crippen molar-refractivity contribution in [2.45, 2.75) is 19.0 Å². The van der Waals surface area contributed by atoms with Crippen LogP contribution in [0.5, 0.6) is 0 Å². The lowest BCUT2D eigenvalue weighted by Gasteiger charge is -2.26. The van der Waals surface area contributed by atoms with Crippen molar-refractivity contribution < 1.29 is 0 Å². The zero-order valence-corrected chi connectivity index (χ0v) is 13.1. The Morgan fingerprint density at radius 1 is 1.10 bits per heavy atom. The van der Waals surface area contributed by atoms with Crippen LogP contribution in [0.25, 0.3) is 0 Å². The fraction of sp³-hybridized carbons (Fsp3) is 0.294. The first-order chi connectivity index (χ1) is 10.3. The van der Waals surface area contributed by atoms with Gasteiger partial charge in [0.2, 0.25) is 0 Å². The lowest BCUT2D eigenvalue weighted by molar-refractivity contribution is 0.367. The third-order valence-corrected chi connectivity index (χ3v) is 4.65. The summed E-state index contributed by atoms with van der Waals surface area (Å²) in [6.45, 7) is 2.16. The third-order valence-electron chi connectivity index (χ3n) is 3.71. The summed E-state index contributed by atoms with van der Waals surface area (Å²) in [5, 5.41) is 1.11. The number of aromatic nitrogens is 1. The Hall–Kier alpha value is -1.81. The van der Waals surface area contributed by atoms with E-state index >= 15 is 0 Å². The Kier molecular flexibility index (Phi) is 4.25. The van der Waals surface area contributed by atoms with Crippen LogP contribution in [0.1, 0.15) is 30.1 Å². The maximum atomic E-state index is 4.96. The fourth-order valence-corrected chi connectivity index (χ4v) is 3.51. The largest absolute Gasteiger partial charge is 0.345 e. The number of pyridine rings is 1. The topological polar surface area (TPSA) is 28.5 Å². The van der Waals surface area contributed by atoms with Crippen molar-refractivity contribution in [3.8, 4) is 0 Å². The van der Waals surface area contributed by atoms with Crippen LogP contribution in [0.15, 0.2) is 59.9 Å². The van der Waals surface area contributed by atoms with Crippen molar-refractivity contribution in [2.75, 3.05) is 12.8 Å². The molecule has 0 N–H and O–H groups in total. The molecule has 108 valence electrons. The molecule has 2 atom stereocenters. The van der Waals surface area contributed by atoms with E-state index in [1.807, 2.05) is 24.5 Å². The summed E-state index contributed by atoms with van der Waals surface area (Å²) >= 11 is 1.80. The van der Waals surface area contributed by atoms with E-state index in [9.17, 15) is 0 Å². The van der Waals surface area contributed by atoms with Crippen LogP contribution in [-0.2, 0) is 0 Å². The molecular formula is C17H19N3S. The molecule has 0 amide bonds. The molecule has 0 spiro atoms. The van der Waals surface area contributed by atoms with E-state index in [1.165, 1.54) is 11.1 Å². The van der Waals surface area contributed by atoms with Crippen molar-refractivity contribution in [3.63, 3.8) is 0 Å². The van der Waals surface area contributed by atoms with E-state index in [-0.39, 0.29) is 12.1 Å². The lowest BCUT2D eigenvalue weighted by Crippen LogP contribution is -2.26. The van der Waals surface area contributed by atoms with Gasteiger partial charge in [-0.1, -0.05) is 55.1 Å². The number of likely N-dealkylation sites (N-methyl/N-ethyl adjacent to an activating group) is 1. The average molecular weight is 297 g/mol. The molecule has 1 aliphatic rings. The van der Waals surface area contributed by atoms with E-state index in [4.69, 9.17) is 4.99 Å². The molecule has 0 fully saturated rings. The maximum Gasteiger partial charge on any atom is 0.160 e. The number of thioether (sulfide) groups is 1. The van der Waals surface area contributed by atoms with Crippen LogP contribution < -0.4 is 0 Å². The molecule has 3 rings (SSSR count). The second kappa shape index (κ2) is 6.31. The molecule has 0 saturated carbocycles. The van der Waals surface area contributed by atoms with Gasteiger partial charge in [0.1, 0.15) is 6.04 Å². The first-order valence-electron chi connectivity index (χ1n) is 7.19. The van der Waals surface area contributed by atoms with Gasteiger partial charge in [0.05, 0.1) is 6.04 Å². The van der Waals surface area contributed by atoms with Gasteiger partial charge in [-0.15, -0.1) is 0 Å². The van der Waals surface area contributed by atoms with Crippen molar-refractivity contribution >= 4 is 16.9 Å². The van der Waals surface area contributed by atoms with Crippen LogP contribution in [0.4, 0.5) is 0 Å². The van der Waals surface area contributed by atoms with E-state index in [2.05, 4.69) is 54.2 Å². The van der Waals surface area contributed by atoms with Gasteiger partial charge < -0.3 is 4.90 Å². The SMILES string of the molecule is CCSC1=N[C@@H](c2ccccc2)[C@@H](c2cccnc2)N1C. The molecule has 3 nitrogen and oxygen atoms in total. The number of amidine groups is 1. The van der Waals surface area contributed by atoms with E-state index in [1.54, 1.807) is 11.8 Å². The van der Waals surface area contributed by atoms with E-state index in [0.29, 0.717) is 0 Å². The van der Waals surface area contributed by atoms with Crippen molar-refractivity contribution in [1.29, 1.82) is 0 Å². The minimum Gasteiger partial charge on any atom is -0.345 e. The second-order valence-electron chi connectivity index (χ2n) is 5.04. The summed E-state index contributed by atoms with van der Waals surface area (Å²) in [5.74, 6) is 1.03. The standard InChI is InChI=1S/C17H19N3S/c1-3-21-17-19-15(13-8-5-4-6-9-13)16(20(17)2)14-10-7-11-18-12-14/h4-12,15-16H,3H2,1-2H3/t15-,16+/m0/s1. The molecule has 2 aromatic rings. The van der Waals surface area contributed by atoms with Crippen molar-refractivity contribution in [3.05, 3.63) is 66.0 Å². The first-order valence-corrected chi connectivity index (χ1v) is 8.18.